The van der Waals surface area contributed by atoms with Gasteiger partial charge in [-0.15, -0.1) is 0 Å². The fourth-order valence-corrected chi connectivity index (χ4v) is 4.94. The van der Waals surface area contributed by atoms with Crippen LogP contribution in [-0.2, 0) is 19.7 Å². The lowest BCUT2D eigenvalue weighted by molar-refractivity contribution is -0.140. The molecule has 1 aliphatic rings. The Morgan fingerprint density at radius 3 is 2.40 bits per heavy atom. The number of hydrogen-bond donors (Lipinski definition) is 2. The summed E-state index contributed by atoms with van der Waals surface area (Å²) in [4.78, 5) is 39.7. The lowest BCUT2D eigenvalue weighted by Crippen LogP contribution is -2.28. The smallest absolute Gasteiger partial charge is 0.341 e. The van der Waals surface area contributed by atoms with Crippen LogP contribution in [0.5, 0.6) is 0 Å². The van der Waals surface area contributed by atoms with E-state index in [9.17, 15) is 49.5 Å². The zero-order chi connectivity index (χ0) is 33.4. The maximum atomic E-state index is 14.3. The zero-order valence-electron chi connectivity index (χ0n) is 23.3. The molecule has 1 aromatic heterocycles. The highest BCUT2D eigenvalue weighted by Gasteiger charge is 2.39. The molecule has 1 aliphatic heterocycles. The summed E-state index contributed by atoms with van der Waals surface area (Å²) in [5.74, 6) is -4.96. The first-order chi connectivity index (χ1) is 20.7. The van der Waals surface area contributed by atoms with E-state index in [0.29, 0.717) is 12.1 Å². The first-order valence-corrected chi connectivity index (χ1v) is 11.9. The Bertz CT molecular complexity index is 1970. The van der Waals surface area contributed by atoms with Crippen LogP contribution >= 0.6 is 11.6 Å². The van der Waals surface area contributed by atoms with Gasteiger partial charge in [0.05, 0.1) is 28.2 Å². The second kappa shape index (κ2) is 9.86. The monoisotopic (exact) mass is 621 g/mol. The molecule has 42 heavy (non-hydrogen) atoms. The van der Waals surface area contributed by atoms with E-state index >= 15 is 0 Å². The van der Waals surface area contributed by atoms with Crippen LogP contribution < -0.4 is 16.3 Å². The Morgan fingerprint density at radius 1 is 1.05 bits per heavy atom. The highest BCUT2D eigenvalue weighted by atomic mass is 35.5. The third-order valence-electron chi connectivity index (χ3n) is 6.39. The lowest BCUT2D eigenvalue weighted by atomic mass is 9.95. The van der Waals surface area contributed by atoms with Gasteiger partial charge in [-0.05, 0) is 42.5 Å². The number of carbonyl (C=O) groups is 2. The fourth-order valence-electron chi connectivity index (χ4n) is 4.71. The number of benzene rings is 3. The van der Waals surface area contributed by atoms with Gasteiger partial charge < -0.3 is 10.6 Å². The molecule has 16 heteroatoms. The quantitative estimate of drug-likeness (QED) is 0.277. The number of aryl methyl sites for hydroxylation is 1. The van der Waals surface area contributed by atoms with Crippen LogP contribution in [0.25, 0.3) is 11.0 Å². The average molecular weight is 622 g/mol. The number of imidazole rings is 1. The first-order valence-electron chi connectivity index (χ1n) is 13.0. The van der Waals surface area contributed by atoms with Crippen molar-refractivity contribution in [1.29, 1.82) is 0 Å². The topological polar surface area (TPSA) is 85.1 Å². The van der Waals surface area contributed by atoms with E-state index in [-0.39, 0.29) is 31.9 Å². The molecular weight excluding hydrogens is 604 g/mol. The molecule has 3 aromatic carbocycles. The van der Waals surface area contributed by atoms with Gasteiger partial charge in [0.15, 0.2) is 0 Å². The second-order valence-corrected chi connectivity index (χ2v) is 9.56. The third-order valence-corrected chi connectivity index (χ3v) is 6.73. The molecular formula is C26H15ClF8N4O3. The van der Waals surface area contributed by atoms with Gasteiger partial charge in [-0.3, -0.25) is 18.7 Å². The normalized spacial score (nSPS) is 16.5. The van der Waals surface area contributed by atoms with Gasteiger partial charge in [0, 0.05) is 38.5 Å². The Labute approximate surface area is 238 Å². The SMILES string of the molecule is [2H]C([2H])([2H])n1c(=O)n(CC(F)(F)F)c2cc(NC(=O)c3cc(F)cc(C(F)(F)F)c3)c3c(c21)C(=O)NC3c1cc(F)ccc1Cl. The summed E-state index contributed by atoms with van der Waals surface area (Å²) in [5, 5.41) is 4.31. The molecule has 1 atom stereocenters. The predicted octanol–water partition coefficient (Wildman–Crippen LogP) is 5.94. The largest absolute Gasteiger partial charge is 0.416 e. The van der Waals surface area contributed by atoms with Crippen molar-refractivity contribution in [3.63, 3.8) is 0 Å². The van der Waals surface area contributed by atoms with Crippen LogP contribution in [0.4, 0.5) is 40.8 Å². The minimum atomic E-state index is -5.10. The highest BCUT2D eigenvalue weighted by molar-refractivity contribution is 6.31. The van der Waals surface area contributed by atoms with E-state index < -0.39 is 100 Å². The van der Waals surface area contributed by atoms with Crippen molar-refractivity contribution in [2.45, 2.75) is 24.9 Å². The summed E-state index contributed by atoms with van der Waals surface area (Å²) in [6.07, 6.45) is -10.2. The maximum Gasteiger partial charge on any atom is 0.416 e. The number of alkyl halides is 6. The number of rotatable bonds is 4. The summed E-state index contributed by atoms with van der Waals surface area (Å²) < 4.78 is 132. The van der Waals surface area contributed by atoms with Crippen molar-refractivity contribution in [3.8, 4) is 0 Å². The number of aromatic nitrogens is 2. The summed E-state index contributed by atoms with van der Waals surface area (Å²) >= 11 is 6.22. The van der Waals surface area contributed by atoms with E-state index in [0.717, 1.165) is 18.2 Å². The number of amides is 2. The molecule has 0 saturated heterocycles. The van der Waals surface area contributed by atoms with Crippen LogP contribution in [-0.4, -0.2) is 27.1 Å². The van der Waals surface area contributed by atoms with Crippen LogP contribution in [0.15, 0.2) is 47.3 Å². The van der Waals surface area contributed by atoms with Gasteiger partial charge in [-0.2, -0.15) is 26.3 Å². The molecule has 0 fully saturated rings. The number of halogens is 9. The first kappa shape index (κ1) is 25.3. The molecule has 2 amide bonds. The van der Waals surface area contributed by atoms with Crippen molar-refractivity contribution in [2.24, 2.45) is 6.98 Å². The number of anilines is 1. The van der Waals surface area contributed by atoms with Gasteiger partial charge in [-0.25, -0.2) is 13.6 Å². The van der Waals surface area contributed by atoms with Crippen LogP contribution in [0.1, 0.15) is 47.6 Å². The second-order valence-electron chi connectivity index (χ2n) is 9.15. The highest BCUT2D eigenvalue weighted by Crippen LogP contribution is 2.43. The lowest BCUT2D eigenvalue weighted by Gasteiger charge is -2.19. The molecule has 5 rings (SSSR count). The average Bonchev–Trinajstić information content (AvgIpc) is 3.37. The molecule has 0 bridgehead atoms. The van der Waals surface area contributed by atoms with E-state index in [4.69, 9.17) is 15.7 Å². The third kappa shape index (κ3) is 5.08. The Balaban J connectivity index is 1.84. The van der Waals surface area contributed by atoms with Crippen molar-refractivity contribution >= 4 is 40.1 Å². The summed E-state index contributed by atoms with van der Waals surface area (Å²) in [6, 6.07) is 2.87. The van der Waals surface area contributed by atoms with Crippen molar-refractivity contribution in [3.05, 3.63) is 97.4 Å². The van der Waals surface area contributed by atoms with Gasteiger partial charge in [0.2, 0.25) is 0 Å². The van der Waals surface area contributed by atoms with E-state index in [1.165, 1.54) is 0 Å². The molecule has 0 saturated carbocycles. The van der Waals surface area contributed by atoms with Crippen LogP contribution in [0.3, 0.4) is 0 Å². The summed E-state index contributed by atoms with van der Waals surface area (Å²) in [7, 11) is 0. The fraction of sp³-hybridized carbons (Fsp3) is 0.192. The van der Waals surface area contributed by atoms with Crippen molar-refractivity contribution in [1.82, 2.24) is 14.5 Å². The maximum absolute atomic E-state index is 14.3. The van der Waals surface area contributed by atoms with Crippen LogP contribution in [0.2, 0.25) is 5.02 Å². The van der Waals surface area contributed by atoms with E-state index in [2.05, 4.69) is 10.6 Å². The minimum Gasteiger partial charge on any atom is -0.341 e. The van der Waals surface area contributed by atoms with Crippen molar-refractivity contribution < 1.29 is 48.8 Å². The standard InChI is InChI=1S/C26H15ClF8N4O3/c1-38-21-17(39(24(38)42)9-25(30,31)32)8-16(36-22(40)10-4-11(26(33,34)35)6-13(29)5-10)18-19(21)23(41)37-20(18)14-7-12(28)2-3-15(14)27/h2-8,20H,9H2,1H3,(H,36,40)(H,37,41)/i1D3. The molecule has 2 heterocycles. The Kier molecular flexibility index (Phi) is 5.94. The van der Waals surface area contributed by atoms with Gasteiger partial charge >= 0.3 is 18.0 Å². The van der Waals surface area contributed by atoms with Gasteiger partial charge in [0.25, 0.3) is 11.8 Å². The molecule has 0 spiro atoms. The minimum absolute atomic E-state index is 0.0165. The summed E-state index contributed by atoms with van der Waals surface area (Å²) in [6.45, 7) is -5.49. The molecule has 7 nitrogen and oxygen atoms in total. The van der Waals surface area contributed by atoms with Gasteiger partial charge in [-0.1, -0.05) is 11.6 Å². The Morgan fingerprint density at radius 2 is 1.76 bits per heavy atom. The predicted molar refractivity (Wildman–Crippen MR) is 133 cm³/mol. The molecule has 220 valence electrons. The molecule has 0 radical (unpaired) electrons. The zero-order valence-corrected chi connectivity index (χ0v) is 21.1. The number of nitrogens with zero attached hydrogens (tertiary/aromatic N) is 2. The van der Waals surface area contributed by atoms with Crippen LogP contribution in [0, 0.1) is 11.6 Å². The molecule has 0 aliphatic carbocycles. The number of hydrogen-bond acceptors (Lipinski definition) is 3. The van der Waals surface area contributed by atoms with E-state index in [1.54, 1.807) is 0 Å². The molecule has 2 N–H and O–H groups in total. The number of nitrogens with one attached hydrogen (secondary N) is 2. The van der Waals surface area contributed by atoms with Crippen molar-refractivity contribution in [2.75, 3.05) is 5.32 Å². The summed E-state index contributed by atoms with van der Waals surface area (Å²) in [5.41, 5.74) is -7.71. The molecule has 1 unspecified atom stereocenters. The van der Waals surface area contributed by atoms with Gasteiger partial charge in [0.1, 0.15) is 18.2 Å². The molecule has 4 aromatic rings. The van der Waals surface area contributed by atoms with E-state index in [1.807, 2.05) is 0 Å². The Hall–Kier alpha value is -4.40. The number of carbonyl (C=O) groups excluding carboxylic acids is 2. The number of fused-ring (bicyclic) bond motifs is 3.